The van der Waals surface area contributed by atoms with Crippen molar-refractivity contribution in [2.75, 3.05) is 0 Å². The number of hydrogen-bond donors (Lipinski definition) is 2. The van der Waals surface area contributed by atoms with E-state index in [0.717, 1.165) is 43.1 Å². The molecule has 0 saturated heterocycles. The van der Waals surface area contributed by atoms with Gasteiger partial charge in [0.05, 0.1) is 11.1 Å². The Balaban J connectivity index is 1.55. The maximum Gasteiger partial charge on any atom is 0.255 e. The highest BCUT2D eigenvalue weighted by atomic mass is 35.5. The van der Waals surface area contributed by atoms with Crippen LogP contribution < -0.4 is 16.0 Å². The van der Waals surface area contributed by atoms with Crippen molar-refractivity contribution < 1.29 is 9.13 Å². The summed E-state index contributed by atoms with van der Waals surface area (Å²) < 4.78 is 19.7. The van der Waals surface area contributed by atoms with Crippen molar-refractivity contribution in [1.82, 2.24) is 4.98 Å². The third kappa shape index (κ3) is 3.84. The lowest BCUT2D eigenvalue weighted by Gasteiger charge is -2.44. The highest BCUT2D eigenvalue weighted by molar-refractivity contribution is 6.32. The molecule has 3 aromatic rings. The van der Waals surface area contributed by atoms with E-state index in [1.807, 2.05) is 24.3 Å². The molecule has 158 valence electrons. The topological polar surface area (TPSA) is 68.1 Å². The molecule has 0 amide bonds. The first kappa shape index (κ1) is 20.9. The summed E-state index contributed by atoms with van der Waals surface area (Å²) in [6.07, 6.45) is 5.87. The Kier molecular flexibility index (Phi) is 5.85. The molecular weight excluding hydrogens is 403 g/mol. The Hall–Kier alpha value is -2.37. The van der Waals surface area contributed by atoms with Gasteiger partial charge in [-0.05, 0) is 73.4 Å². The number of aromatic amines is 1. The molecule has 0 unspecified atom stereocenters. The van der Waals surface area contributed by atoms with E-state index in [4.69, 9.17) is 22.1 Å². The Labute approximate surface area is 180 Å². The third-order valence-electron chi connectivity index (χ3n) is 6.51. The van der Waals surface area contributed by atoms with Crippen molar-refractivity contribution in [1.29, 1.82) is 0 Å². The number of aromatic nitrogens is 1. The lowest BCUT2D eigenvalue weighted by molar-refractivity contribution is 0.104. The Morgan fingerprint density at radius 1 is 1.23 bits per heavy atom. The molecule has 1 heterocycles. The van der Waals surface area contributed by atoms with E-state index in [2.05, 4.69) is 11.9 Å². The second-order valence-electron chi connectivity index (χ2n) is 8.17. The van der Waals surface area contributed by atoms with E-state index in [1.165, 1.54) is 12.1 Å². The number of hydrogen-bond acceptors (Lipinski definition) is 3. The average molecular weight is 429 g/mol. The number of nitrogens with two attached hydrogens (primary N) is 1. The van der Waals surface area contributed by atoms with Crippen molar-refractivity contribution in [2.24, 2.45) is 5.73 Å². The zero-order valence-electron chi connectivity index (χ0n) is 17.0. The van der Waals surface area contributed by atoms with Crippen molar-refractivity contribution in [3.63, 3.8) is 0 Å². The summed E-state index contributed by atoms with van der Waals surface area (Å²) >= 11 is 6.40. The van der Waals surface area contributed by atoms with Crippen molar-refractivity contribution in [2.45, 2.75) is 56.6 Å². The Morgan fingerprint density at radius 3 is 2.60 bits per heavy atom. The predicted molar refractivity (Wildman–Crippen MR) is 119 cm³/mol. The lowest BCUT2D eigenvalue weighted by Crippen LogP contribution is -2.48. The van der Waals surface area contributed by atoms with Gasteiger partial charge in [0.15, 0.2) is 0 Å². The molecule has 1 aliphatic carbocycles. The quantitative estimate of drug-likeness (QED) is 0.578. The van der Waals surface area contributed by atoms with E-state index in [1.54, 1.807) is 12.3 Å². The molecule has 0 radical (unpaired) electrons. The molecule has 1 aromatic heterocycles. The van der Waals surface area contributed by atoms with Crippen LogP contribution in [0, 0.1) is 5.82 Å². The molecule has 30 heavy (non-hydrogen) atoms. The minimum atomic E-state index is -0.235. The van der Waals surface area contributed by atoms with Crippen LogP contribution in [0.1, 0.15) is 44.6 Å². The zero-order valence-corrected chi connectivity index (χ0v) is 17.7. The maximum atomic E-state index is 13.5. The molecule has 1 atom stereocenters. The van der Waals surface area contributed by atoms with Gasteiger partial charge in [0.1, 0.15) is 11.6 Å². The molecule has 0 spiro atoms. The van der Waals surface area contributed by atoms with E-state index in [9.17, 15) is 9.18 Å². The Bertz CT molecular complexity index is 1090. The van der Waals surface area contributed by atoms with Crippen LogP contribution in [-0.4, -0.2) is 17.1 Å². The lowest BCUT2D eigenvalue weighted by atomic mass is 9.64. The molecule has 1 fully saturated rings. The van der Waals surface area contributed by atoms with Crippen molar-refractivity contribution >= 4 is 22.4 Å². The number of halogens is 2. The number of H-pyrrole nitrogens is 1. The number of pyridine rings is 1. The van der Waals surface area contributed by atoms with Gasteiger partial charge in [-0.1, -0.05) is 30.7 Å². The number of fused-ring (bicyclic) bond motifs is 1. The summed E-state index contributed by atoms with van der Waals surface area (Å²) in [6.45, 7) is 2.09. The molecule has 1 aliphatic rings. The molecule has 1 saturated carbocycles. The molecule has 3 N–H and O–H groups in total. The third-order valence-corrected chi connectivity index (χ3v) is 6.81. The van der Waals surface area contributed by atoms with Crippen LogP contribution >= 0.6 is 11.6 Å². The van der Waals surface area contributed by atoms with E-state index in [-0.39, 0.29) is 28.9 Å². The second-order valence-corrected chi connectivity index (χ2v) is 8.58. The number of rotatable bonds is 5. The SMILES string of the molecule is CC[C@H](N)C1(c2ccc(F)cc2)CCC(Oc2cc3cc[nH]c(=O)c3cc2Cl)CC1. The summed E-state index contributed by atoms with van der Waals surface area (Å²) in [7, 11) is 0. The van der Waals surface area contributed by atoms with Gasteiger partial charge in [0.25, 0.3) is 5.56 Å². The zero-order chi connectivity index (χ0) is 21.3. The molecule has 0 aliphatic heterocycles. The van der Waals surface area contributed by atoms with Gasteiger partial charge >= 0.3 is 0 Å². The largest absolute Gasteiger partial charge is 0.489 e. The number of benzene rings is 2. The van der Waals surface area contributed by atoms with Crippen LogP contribution in [0.2, 0.25) is 5.02 Å². The summed E-state index contributed by atoms with van der Waals surface area (Å²) in [5.41, 5.74) is 7.31. The molecule has 4 nitrogen and oxygen atoms in total. The fourth-order valence-electron chi connectivity index (χ4n) is 4.73. The summed E-state index contributed by atoms with van der Waals surface area (Å²) in [5, 5.41) is 1.77. The van der Waals surface area contributed by atoms with Gasteiger partial charge in [0, 0.05) is 23.0 Å². The monoisotopic (exact) mass is 428 g/mol. The fraction of sp³-hybridized carbons (Fsp3) is 0.375. The first-order valence-corrected chi connectivity index (χ1v) is 10.8. The molecular formula is C24H26ClFN2O2. The van der Waals surface area contributed by atoms with Crippen LogP contribution in [0.3, 0.4) is 0 Å². The van der Waals surface area contributed by atoms with E-state index < -0.39 is 0 Å². The van der Waals surface area contributed by atoms with Gasteiger partial charge in [-0.2, -0.15) is 0 Å². The molecule has 4 rings (SSSR count). The summed E-state index contributed by atoms with van der Waals surface area (Å²) in [4.78, 5) is 14.6. The maximum absolute atomic E-state index is 13.5. The van der Waals surface area contributed by atoms with E-state index in [0.29, 0.717) is 16.2 Å². The molecule has 6 heteroatoms. The van der Waals surface area contributed by atoms with Crippen LogP contribution in [0.4, 0.5) is 4.39 Å². The minimum absolute atomic E-state index is 0.0000988. The standard InChI is InChI=1S/C24H26ClFN2O2/c1-2-22(27)24(16-3-5-17(26)6-4-16)10-7-18(8-11-24)30-21-13-15-9-12-28-23(29)19(15)14-20(21)25/h3-6,9,12-14,18,22H,2,7-8,10-11,27H2,1H3,(H,28,29)/t18?,22-,24?/m0/s1. The highest BCUT2D eigenvalue weighted by Gasteiger charge is 2.41. The average Bonchev–Trinajstić information content (AvgIpc) is 2.76. The van der Waals surface area contributed by atoms with E-state index >= 15 is 0 Å². The fourth-order valence-corrected chi connectivity index (χ4v) is 4.94. The van der Waals surface area contributed by atoms with Gasteiger partial charge in [-0.3, -0.25) is 4.79 Å². The normalized spacial score (nSPS) is 22.7. The smallest absolute Gasteiger partial charge is 0.255 e. The predicted octanol–water partition coefficient (Wildman–Crippen LogP) is 5.32. The highest BCUT2D eigenvalue weighted by Crippen LogP contribution is 2.44. The first-order valence-electron chi connectivity index (χ1n) is 10.4. The molecule has 0 bridgehead atoms. The van der Waals surface area contributed by atoms with Gasteiger partial charge in [0.2, 0.25) is 0 Å². The van der Waals surface area contributed by atoms with Crippen LogP contribution in [0.15, 0.2) is 53.5 Å². The minimum Gasteiger partial charge on any atom is -0.489 e. The summed E-state index contributed by atoms with van der Waals surface area (Å²) in [6, 6.07) is 12.1. The first-order chi connectivity index (χ1) is 14.4. The number of ether oxygens (including phenoxy) is 1. The van der Waals surface area contributed by atoms with Crippen LogP contribution in [0.5, 0.6) is 5.75 Å². The summed E-state index contributed by atoms with van der Waals surface area (Å²) in [5.74, 6) is 0.356. The number of nitrogens with one attached hydrogen (secondary N) is 1. The Morgan fingerprint density at radius 2 is 1.93 bits per heavy atom. The van der Waals surface area contributed by atoms with Crippen molar-refractivity contribution in [3.05, 3.63) is 75.4 Å². The second kappa shape index (κ2) is 8.40. The molecule has 2 aromatic carbocycles. The van der Waals surface area contributed by atoms with Crippen molar-refractivity contribution in [3.8, 4) is 5.75 Å². The van der Waals surface area contributed by atoms with Crippen LogP contribution in [-0.2, 0) is 5.41 Å². The van der Waals surface area contributed by atoms with Crippen LogP contribution in [0.25, 0.3) is 10.8 Å². The van der Waals surface area contributed by atoms with Gasteiger partial charge < -0.3 is 15.5 Å². The van der Waals surface area contributed by atoms with Gasteiger partial charge in [-0.25, -0.2) is 4.39 Å². The van der Waals surface area contributed by atoms with Gasteiger partial charge in [-0.15, -0.1) is 0 Å².